The van der Waals surface area contributed by atoms with Crippen LogP contribution in [-0.4, -0.2) is 22.6 Å². The van der Waals surface area contributed by atoms with E-state index in [4.69, 9.17) is 4.52 Å². The predicted octanol–water partition coefficient (Wildman–Crippen LogP) is 2.86. The van der Waals surface area contributed by atoms with Gasteiger partial charge in [-0.2, -0.15) is 4.98 Å². The topological polar surface area (TPSA) is 59.2 Å². The van der Waals surface area contributed by atoms with E-state index in [1.807, 2.05) is 35.2 Å². The van der Waals surface area contributed by atoms with Gasteiger partial charge in [-0.05, 0) is 25.0 Å². The number of benzene rings is 1. The highest BCUT2D eigenvalue weighted by Gasteiger charge is 2.35. The Morgan fingerprint density at radius 2 is 1.95 bits per heavy atom. The number of anilines is 1. The summed E-state index contributed by atoms with van der Waals surface area (Å²) in [6, 6.07) is 9.75. The first-order valence-corrected chi connectivity index (χ1v) is 7.50. The molecule has 1 saturated heterocycles. The van der Waals surface area contributed by atoms with Gasteiger partial charge in [-0.3, -0.25) is 4.79 Å². The van der Waals surface area contributed by atoms with Crippen LogP contribution in [0.4, 0.5) is 5.69 Å². The van der Waals surface area contributed by atoms with Crippen LogP contribution in [0.3, 0.4) is 0 Å². The number of amides is 1. The minimum absolute atomic E-state index is 0.0373. The molecule has 21 heavy (non-hydrogen) atoms. The van der Waals surface area contributed by atoms with Crippen molar-refractivity contribution in [3.8, 4) is 0 Å². The Bertz CT molecular complexity index is 649. The number of carbonyl (C=O) groups excluding carboxylic acids is 1. The van der Waals surface area contributed by atoms with E-state index in [1.165, 1.54) is 6.42 Å². The third-order valence-electron chi connectivity index (χ3n) is 4.47. The van der Waals surface area contributed by atoms with Crippen molar-refractivity contribution in [2.24, 2.45) is 0 Å². The Balaban J connectivity index is 1.52. The zero-order chi connectivity index (χ0) is 14.2. The van der Waals surface area contributed by atoms with Crippen LogP contribution in [-0.2, 0) is 4.79 Å². The molecule has 1 saturated carbocycles. The fourth-order valence-corrected chi connectivity index (χ4v) is 2.97. The summed E-state index contributed by atoms with van der Waals surface area (Å²) in [6.07, 6.45) is 3.98. The molecule has 1 amide bonds. The Hall–Kier alpha value is -2.17. The highest BCUT2D eigenvalue weighted by atomic mass is 16.5. The first-order chi connectivity index (χ1) is 10.3. The molecule has 1 aliphatic heterocycles. The molecular formula is C16H17N3O2. The standard InChI is InChI=1S/C16H17N3O2/c20-14-9-12(10-19(14)13-7-2-1-3-8-13)15-17-16(21-18-15)11-5-4-6-11/h1-3,7-8,11-12H,4-6,9-10H2. The van der Waals surface area contributed by atoms with E-state index in [0.717, 1.165) is 24.4 Å². The molecule has 2 fully saturated rings. The van der Waals surface area contributed by atoms with Crippen LogP contribution in [0, 0.1) is 0 Å². The van der Waals surface area contributed by atoms with Crippen LogP contribution < -0.4 is 4.90 Å². The van der Waals surface area contributed by atoms with E-state index in [2.05, 4.69) is 10.1 Å². The molecule has 1 atom stereocenters. The summed E-state index contributed by atoms with van der Waals surface area (Å²) in [5, 5.41) is 4.10. The molecule has 108 valence electrons. The number of aromatic nitrogens is 2. The molecule has 0 N–H and O–H groups in total. The Morgan fingerprint density at radius 1 is 1.14 bits per heavy atom. The Labute approximate surface area is 123 Å². The molecule has 1 aliphatic carbocycles. The monoisotopic (exact) mass is 283 g/mol. The van der Waals surface area contributed by atoms with Crippen LogP contribution in [0.1, 0.15) is 49.2 Å². The summed E-state index contributed by atoms with van der Waals surface area (Å²) < 4.78 is 5.37. The van der Waals surface area contributed by atoms with E-state index in [9.17, 15) is 4.79 Å². The molecule has 0 spiro atoms. The van der Waals surface area contributed by atoms with Crippen molar-refractivity contribution < 1.29 is 9.32 Å². The number of hydrogen-bond donors (Lipinski definition) is 0. The van der Waals surface area contributed by atoms with Crippen LogP contribution in [0.5, 0.6) is 0 Å². The lowest BCUT2D eigenvalue weighted by atomic mass is 9.85. The number of hydrogen-bond acceptors (Lipinski definition) is 4. The van der Waals surface area contributed by atoms with Crippen LogP contribution in [0.25, 0.3) is 0 Å². The summed E-state index contributed by atoms with van der Waals surface area (Å²) in [7, 11) is 0. The first-order valence-electron chi connectivity index (χ1n) is 7.50. The van der Waals surface area contributed by atoms with Gasteiger partial charge in [-0.15, -0.1) is 0 Å². The van der Waals surface area contributed by atoms with Crippen molar-refractivity contribution in [3.63, 3.8) is 0 Å². The second-order valence-electron chi connectivity index (χ2n) is 5.86. The van der Waals surface area contributed by atoms with Crippen LogP contribution in [0.2, 0.25) is 0 Å². The fourth-order valence-electron chi connectivity index (χ4n) is 2.97. The first kappa shape index (κ1) is 12.6. The van der Waals surface area contributed by atoms with E-state index in [-0.39, 0.29) is 11.8 Å². The van der Waals surface area contributed by atoms with Crippen molar-refractivity contribution in [2.75, 3.05) is 11.4 Å². The third-order valence-corrected chi connectivity index (χ3v) is 4.47. The van der Waals surface area contributed by atoms with E-state index in [1.54, 1.807) is 0 Å². The fraction of sp³-hybridized carbons (Fsp3) is 0.438. The summed E-state index contributed by atoms with van der Waals surface area (Å²) in [5.41, 5.74) is 0.938. The maximum absolute atomic E-state index is 12.2. The number of rotatable bonds is 3. The molecule has 2 heterocycles. The number of para-hydroxylation sites is 1. The largest absolute Gasteiger partial charge is 0.339 e. The van der Waals surface area contributed by atoms with E-state index >= 15 is 0 Å². The summed E-state index contributed by atoms with van der Waals surface area (Å²) >= 11 is 0. The summed E-state index contributed by atoms with van der Waals surface area (Å²) in [5.74, 6) is 2.04. The van der Waals surface area contributed by atoms with E-state index < -0.39 is 0 Å². The molecule has 2 aromatic rings. The highest BCUT2D eigenvalue weighted by molar-refractivity contribution is 5.96. The van der Waals surface area contributed by atoms with Crippen molar-refractivity contribution >= 4 is 11.6 Å². The lowest BCUT2D eigenvalue weighted by molar-refractivity contribution is -0.117. The quantitative estimate of drug-likeness (QED) is 0.869. The SMILES string of the molecule is O=C1CC(c2noc(C3CCC3)n2)CN1c1ccccc1. The normalized spacial score (nSPS) is 22.6. The minimum atomic E-state index is 0.0373. The van der Waals surface area contributed by atoms with Gasteiger partial charge in [-0.25, -0.2) is 0 Å². The van der Waals surface area contributed by atoms with Gasteiger partial charge < -0.3 is 9.42 Å². The van der Waals surface area contributed by atoms with Gasteiger partial charge in [0.1, 0.15) is 0 Å². The van der Waals surface area contributed by atoms with Gasteiger partial charge in [0, 0.05) is 30.5 Å². The molecular weight excluding hydrogens is 266 g/mol. The van der Waals surface area contributed by atoms with Crippen LogP contribution in [0.15, 0.2) is 34.9 Å². The summed E-state index contributed by atoms with van der Waals surface area (Å²) in [4.78, 5) is 18.5. The molecule has 1 unspecified atom stereocenters. The summed E-state index contributed by atoms with van der Waals surface area (Å²) in [6.45, 7) is 0.631. The number of carbonyl (C=O) groups is 1. The lowest BCUT2D eigenvalue weighted by Gasteiger charge is -2.20. The van der Waals surface area contributed by atoms with Gasteiger partial charge in [0.05, 0.1) is 0 Å². The number of nitrogens with zero attached hydrogens (tertiary/aromatic N) is 3. The molecule has 0 radical (unpaired) electrons. The maximum Gasteiger partial charge on any atom is 0.229 e. The molecule has 0 bridgehead atoms. The zero-order valence-electron chi connectivity index (χ0n) is 11.7. The average molecular weight is 283 g/mol. The lowest BCUT2D eigenvalue weighted by Crippen LogP contribution is -2.24. The Morgan fingerprint density at radius 3 is 2.67 bits per heavy atom. The van der Waals surface area contributed by atoms with Crippen molar-refractivity contribution in [2.45, 2.75) is 37.5 Å². The van der Waals surface area contributed by atoms with Gasteiger partial charge in [0.2, 0.25) is 11.8 Å². The highest BCUT2D eigenvalue weighted by Crippen LogP contribution is 2.37. The van der Waals surface area contributed by atoms with Crippen LogP contribution >= 0.6 is 0 Å². The molecule has 1 aromatic heterocycles. The molecule has 2 aliphatic rings. The van der Waals surface area contributed by atoms with E-state index in [0.29, 0.717) is 24.7 Å². The Kier molecular flexibility index (Phi) is 2.98. The minimum Gasteiger partial charge on any atom is -0.339 e. The molecule has 1 aromatic carbocycles. The van der Waals surface area contributed by atoms with Crippen molar-refractivity contribution in [3.05, 3.63) is 42.0 Å². The van der Waals surface area contributed by atoms with Crippen molar-refractivity contribution in [1.29, 1.82) is 0 Å². The second kappa shape index (κ2) is 4.98. The zero-order valence-corrected chi connectivity index (χ0v) is 11.7. The van der Waals surface area contributed by atoms with Gasteiger partial charge in [0.25, 0.3) is 0 Å². The molecule has 4 rings (SSSR count). The smallest absolute Gasteiger partial charge is 0.229 e. The molecule has 5 nitrogen and oxygen atoms in total. The third kappa shape index (κ3) is 2.22. The second-order valence-corrected chi connectivity index (χ2v) is 5.86. The maximum atomic E-state index is 12.2. The average Bonchev–Trinajstić information content (AvgIpc) is 3.05. The van der Waals surface area contributed by atoms with Crippen molar-refractivity contribution in [1.82, 2.24) is 10.1 Å². The van der Waals surface area contributed by atoms with Gasteiger partial charge in [0.15, 0.2) is 5.82 Å². The molecule has 5 heteroatoms. The van der Waals surface area contributed by atoms with Gasteiger partial charge >= 0.3 is 0 Å². The van der Waals surface area contributed by atoms with Gasteiger partial charge in [-0.1, -0.05) is 29.8 Å². The predicted molar refractivity (Wildman–Crippen MR) is 77.0 cm³/mol.